The third kappa shape index (κ3) is 3.32. The number of aryl methyl sites for hydroxylation is 1. The van der Waals surface area contributed by atoms with Crippen LogP contribution in [0.1, 0.15) is 5.69 Å². The van der Waals surface area contributed by atoms with Gasteiger partial charge in [0.15, 0.2) is 5.13 Å². The quantitative estimate of drug-likeness (QED) is 0.549. The molecule has 3 aromatic heterocycles. The van der Waals surface area contributed by atoms with E-state index < -0.39 is 0 Å². The van der Waals surface area contributed by atoms with Crippen molar-refractivity contribution in [2.24, 2.45) is 0 Å². The fourth-order valence-corrected chi connectivity index (χ4v) is 4.78. The zero-order chi connectivity index (χ0) is 18.9. The minimum Gasteiger partial charge on any atom is -0.346 e. The Morgan fingerprint density at radius 1 is 1.14 bits per heavy atom. The first-order valence-corrected chi connectivity index (χ1v) is 10.8. The van der Waals surface area contributed by atoms with Crippen molar-refractivity contribution in [3.63, 3.8) is 0 Å². The molecule has 4 aromatic rings. The molecule has 0 spiro atoms. The van der Waals surface area contributed by atoms with Gasteiger partial charge in [-0.15, -0.1) is 11.3 Å². The Morgan fingerprint density at radius 3 is 2.82 bits per heavy atom. The van der Waals surface area contributed by atoms with Gasteiger partial charge in [0.2, 0.25) is 5.82 Å². The molecule has 1 saturated heterocycles. The fourth-order valence-electron chi connectivity index (χ4n) is 3.18. The Morgan fingerprint density at radius 2 is 2.00 bits per heavy atom. The number of hydrogen-bond donors (Lipinski definition) is 1. The van der Waals surface area contributed by atoms with Crippen LogP contribution in [0.4, 0.5) is 5.13 Å². The lowest BCUT2D eigenvalue weighted by atomic mass is 10.1. The minimum absolute atomic E-state index is 0.519. The zero-order valence-electron chi connectivity index (χ0n) is 15.3. The molecule has 0 amide bonds. The van der Waals surface area contributed by atoms with Crippen molar-refractivity contribution in [2.75, 3.05) is 31.1 Å². The first-order valence-electron chi connectivity index (χ1n) is 9.04. The van der Waals surface area contributed by atoms with Gasteiger partial charge in [0.1, 0.15) is 4.88 Å². The number of nitrogens with zero attached hydrogens (tertiary/aromatic N) is 5. The molecule has 1 aliphatic heterocycles. The van der Waals surface area contributed by atoms with E-state index in [0.717, 1.165) is 58.7 Å². The van der Waals surface area contributed by atoms with E-state index in [-0.39, 0.29) is 0 Å². The molecule has 9 heteroatoms. The molecule has 0 atom stereocenters. The second-order valence-corrected chi connectivity index (χ2v) is 8.22. The molecule has 7 nitrogen and oxygen atoms in total. The maximum absolute atomic E-state index is 5.58. The summed E-state index contributed by atoms with van der Waals surface area (Å²) in [6.07, 6.45) is 0. The molecule has 0 bridgehead atoms. The Bertz CT molecular complexity index is 1080. The number of anilines is 1. The standard InChI is InChI=1S/C19H18N6OS2/c1-12-16(28-19(22-12)25-7-5-20-6-8-25)18-23-17(24-26-18)14-4-2-3-13(9-14)15-10-27-11-21-15/h2-4,9-11,20H,5-8H2,1H3. The van der Waals surface area contributed by atoms with E-state index in [4.69, 9.17) is 9.51 Å². The van der Waals surface area contributed by atoms with Crippen LogP contribution in [0.25, 0.3) is 33.4 Å². The molecule has 1 fully saturated rings. The number of hydrogen-bond acceptors (Lipinski definition) is 9. The first-order chi connectivity index (χ1) is 13.8. The highest BCUT2D eigenvalue weighted by Gasteiger charge is 2.21. The number of benzene rings is 1. The van der Waals surface area contributed by atoms with Crippen molar-refractivity contribution < 1.29 is 4.52 Å². The molecule has 1 aliphatic rings. The molecule has 142 valence electrons. The summed E-state index contributed by atoms with van der Waals surface area (Å²) in [6.45, 7) is 5.88. The van der Waals surface area contributed by atoms with Gasteiger partial charge in [-0.2, -0.15) is 4.98 Å². The molecule has 0 aliphatic carbocycles. The van der Waals surface area contributed by atoms with Crippen molar-refractivity contribution in [1.82, 2.24) is 25.4 Å². The summed E-state index contributed by atoms with van der Waals surface area (Å²) in [6, 6.07) is 8.04. The Balaban J connectivity index is 1.44. The van der Waals surface area contributed by atoms with E-state index in [1.165, 1.54) is 0 Å². The van der Waals surface area contributed by atoms with Gasteiger partial charge in [-0.25, -0.2) is 9.97 Å². The summed E-state index contributed by atoms with van der Waals surface area (Å²) in [5.74, 6) is 1.09. The molecule has 28 heavy (non-hydrogen) atoms. The SMILES string of the molecule is Cc1nc(N2CCNCC2)sc1-c1nc(-c2cccc(-c3cscn3)c2)no1. The molecule has 0 radical (unpaired) electrons. The summed E-state index contributed by atoms with van der Waals surface area (Å²) in [7, 11) is 0. The normalized spacial score (nSPS) is 14.5. The Labute approximate surface area is 170 Å². The van der Waals surface area contributed by atoms with Crippen LogP contribution < -0.4 is 10.2 Å². The van der Waals surface area contributed by atoms with Gasteiger partial charge < -0.3 is 14.7 Å². The number of rotatable bonds is 4. The van der Waals surface area contributed by atoms with Crippen LogP contribution in [-0.2, 0) is 0 Å². The van der Waals surface area contributed by atoms with Crippen LogP contribution in [0.3, 0.4) is 0 Å². The second kappa shape index (κ2) is 7.42. The van der Waals surface area contributed by atoms with E-state index >= 15 is 0 Å². The molecule has 5 rings (SSSR count). The van der Waals surface area contributed by atoms with Crippen LogP contribution in [0.2, 0.25) is 0 Å². The number of piperazine rings is 1. The van der Waals surface area contributed by atoms with Gasteiger partial charge in [-0.1, -0.05) is 34.7 Å². The van der Waals surface area contributed by atoms with E-state index in [2.05, 4.69) is 25.3 Å². The van der Waals surface area contributed by atoms with E-state index in [9.17, 15) is 0 Å². The second-order valence-electron chi connectivity index (χ2n) is 6.53. The first kappa shape index (κ1) is 17.5. The van der Waals surface area contributed by atoms with E-state index in [0.29, 0.717) is 11.7 Å². The van der Waals surface area contributed by atoms with Gasteiger partial charge in [0.25, 0.3) is 5.89 Å². The zero-order valence-corrected chi connectivity index (χ0v) is 16.9. The van der Waals surface area contributed by atoms with E-state index in [1.54, 1.807) is 22.7 Å². The predicted octanol–water partition coefficient (Wildman–Crippen LogP) is 3.70. The molecule has 0 saturated carbocycles. The van der Waals surface area contributed by atoms with Gasteiger partial charge >= 0.3 is 0 Å². The number of aromatic nitrogens is 4. The third-order valence-corrected chi connectivity index (χ3v) is 6.43. The predicted molar refractivity (Wildman–Crippen MR) is 112 cm³/mol. The number of nitrogens with one attached hydrogen (secondary N) is 1. The summed E-state index contributed by atoms with van der Waals surface area (Å²) in [5, 5.41) is 10.6. The van der Waals surface area contributed by atoms with Crippen molar-refractivity contribution >= 4 is 27.8 Å². The van der Waals surface area contributed by atoms with Gasteiger partial charge in [0.05, 0.1) is 16.9 Å². The van der Waals surface area contributed by atoms with Crippen LogP contribution in [0, 0.1) is 6.92 Å². The highest BCUT2D eigenvalue weighted by atomic mass is 32.1. The highest BCUT2D eigenvalue weighted by molar-refractivity contribution is 7.19. The average Bonchev–Trinajstić information content (AvgIpc) is 3.49. The molecule has 4 heterocycles. The number of thiazole rings is 2. The molecule has 1 N–H and O–H groups in total. The van der Waals surface area contributed by atoms with Crippen molar-refractivity contribution in [1.29, 1.82) is 0 Å². The molecular weight excluding hydrogens is 392 g/mol. The summed E-state index contributed by atoms with van der Waals surface area (Å²) in [5.41, 5.74) is 5.65. The third-order valence-electron chi connectivity index (χ3n) is 4.64. The summed E-state index contributed by atoms with van der Waals surface area (Å²) >= 11 is 3.19. The largest absolute Gasteiger partial charge is 0.346 e. The van der Waals surface area contributed by atoms with Gasteiger partial charge in [0, 0.05) is 42.7 Å². The lowest BCUT2D eigenvalue weighted by Crippen LogP contribution is -2.43. The van der Waals surface area contributed by atoms with Gasteiger partial charge in [-0.3, -0.25) is 0 Å². The smallest absolute Gasteiger partial charge is 0.270 e. The van der Waals surface area contributed by atoms with Crippen LogP contribution in [0.5, 0.6) is 0 Å². The van der Waals surface area contributed by atoms with Crippen LogP contribution >= 0.6 is 22.7 Å². The van der Waals surface area contributed by atoms with E-state index in [1.807, 2.05) is 42.1 Å². The van der Waals surface area contributed by atoms with Gasteiger partial charge in [-0.05, 0) is 13.0 Å². The average molecular weight is 411 g/mol. The monoisotopic (exact) mass is 410 g/mol. The topological polar surface area (TPSA) is 80.0 Å². The maximum Gasteiger partial charge on any atom is 0.270 e. The van der Waals surface area contributed by atoms with Crippen LogP contribution in [0.15, 0.2) is 39.7 Å². The lowest BCUT2D eigenvalue weighted by Gasteiger charge is -2.26. The fraction of sp³-hybridized carbons (Fsp3) is 0.263. The van der Waals surface area contributed by atoms with Crippen molar-refractivity contribution in [2.45, 2.75) is 6.92 Å². The van der Waals surface area contributed by atoms with Crippen molar-refractivity contribution in [3.8, 4) is 33.4 Å². The highest BCUT2D eigenvalue weighted by Crippen LogP contribution is 2.35. The summed E-state index contributed by atoms with van der Waals surface area (Å²) < 4.78 is 5.58. The molecule has 1 aromatic carbocycles. The lowest BCUT2D eigenvalue weighted by molar-refractivity contribution is 0.433. The maximum atomic E-state index is 5.58. The summed E-state index contributed by atoms with van der Waals surface area (Å²) in [4.78, 5) is 17.0. The Hall–Kier alpha value is -2.62. The molecular formula is C19H18N6OS2. The Kier molecular flexibility index (Phi) is 4.63. The van der Waals surface area contributed by atoms with Crippen LogP contribution in [-0.4, -0.2) is 46.3 Å². The molecule has 0 unspecified atom stereocenters. The van der Waals surface area contributed by atoms with Crippen molar-refractivity contribution in [3.05, 3.63) is 40.8 Å². The minimum atomic E-state index is 0.519.